The molecule has 0 aliphatic carbocycles. The van der Waals surface area contributed by atoms with E-state index in [2.05, 4.69) is 31.0 Å². The van der Waals surface area contributed by atoms with Crippen LogP contribution in [0, 0.1) is 12.3 Å². The minimum atomic E-state index is 0. The van der Waals surface area contributed by atoms with Crippen molar-refractivity contribution < 1.29 is 4.52 Å². The number of aromatic nitrogens is 1. The zero-order valence-electron chi connectivity index (χ0n) is 10.5. The Bertz CT molecular complexity index is 312. The van der Waals surface area contributed by atoms with Crippen LogP contribution in [-0.2, 0) is 6.54 Å². The minimum absolute atomic E-state index is 0. The summed E-state index contributed by atoms with van der Waals surface area (Å²) in [5.74, 6) is 0.905. The number of aryl methyl sites for hydroxylation is 1. The van der Waals surface area contributed by atoms with E-state index in [1.165, 1.54) is 0 Å². The lowest BCUT2D eigenvalue weighted by Crippen LogP contribution is -2.36. The fourth-order valence-corrected chi connectivity index (χ4v) is 1.61. The smallest absolute Gasteiger partial charge is 0.150 e. The van der Waals surface area contributed by atoms with Crippen molar-refractivity contribution in [2.24, 2.45) is 11.1 Å². The first-order valence-electron chi connectivity index (χ1n) is 5.24. The SMILES string of the molecule is Cc1cc(CN(C)CC(C)(C)CN)on1.Cl. The molecule has 4 nitrogen and oxygen atoms in total. The molecule has 0 saturated carbocycles. The molecule has 1 heterocycles. The maximum absolute atomic E-state index is 5.69. The number of rotatable bonds is 5. The third-order valence-corrected chi connectivity index (χ3v) is 2.35. The normalized spacial score (nSPS) is 11.6. The Morgan fingerprint density at radius 1 is 1.50 bits per heavy atom. The van der Waals surface area contributed by atoms with Crippen LogP contribution >= 0.6 is 12.4 Å². The molecule has 16 heavy (non-hydrogen) atoms. The van der Waals surface area contributed by atoms with Crippen LogP contribution < -0.4 is 5.73 Å². The van der Waals surface area contributed by atoms with Crippen molar-refractivity contribution in [3.05, 3.63) is 17.5 Å². The third-order valence-electron chi connectivity index (χ3n) is 2.35. The molecule has 0 aromatic carbocycles. The van der Waals surface area contributed by atoms with E-state index in [1.54, 1.807) is 0 Å². The summed E-state index contributed by atoms with van der Waals surface area (Å²) in [5, 5.41) is 3.86. The van der Waals surface area contributed by atoms with Gasteiger partial charge in [0.1, 0.15) is 0 Å². The first kappa shape index (κ1) is 15.4. The minimum Gasteiger partial charge on any atom is -0.360 e. The topological polar surface area (TPSA) is 55.3 Å². The first-order chi connectivity index (χ1) is 6.93. The zero-order chi connectivity index (χ0) is 11.5. The molecule has 0 bridgehead atoms. The number of hydrogen-bond donors (Lipinski definition) is 1. The van der Waals surface area contributed by atoms with Gasteiger partial charge in [0.15, 0.2) is 5.76 Å². The molecule has 0 saturated heterocycles. The second-order valence-corrected chi connectivity index (χ2v) is 4.98. The van der Waals surface area contributed by atoms with Crippen LogP contribution in [0.2, 0.25) is 0 Å². The summed E-state index contributed by atoms with van der Waals surface area (Å²) in [4.78, 5) is 2.20. The van der Waals surface area contributed by atoms with Gasteiger partial charge in [-0.25, -0.2) is 0 Å². The Morgan fingerprint density at radius 2 is 2.12 bits per heavy atom. The van der Waals surface area contributed by atoms with Crippen molar-refractivity contribution in [3.8, 4) is 0 Å². The Kier molecular flexibility index (Phi) is 6.00. The van der Waals surface area contributed by atoms with E-state index in [-0.39, 0.29) is 17.8 Å². The van der Waals surface area contributed by atoms with E-state index in [4.69, 9.17) is 10.3 Å². The molecule has 1 aromatic heterocycles. The molecule has 0 amide bonds. The van der Waals surface area contributed by atoms with E-state index in [1.807, 2.05) is 13.0 Å². The predicted octanol–water partition coefficient (Wildman–Crippen LogP) is 1.82. The van der Waals surface area contributed by atoms with E-state index < -0.39 is 0 Å². The van der Waals surface area contributed by atoms with Gasteiger partial charge in [0, 0.05) is 12.6 Å². The van der Waals surface area contributed by atoms with E-state index >= 15 is 0 Å². The molecule has 5 heteroatoms. The van der Waals surface area contributed by atoms with Gasteiger partial charge in [-0.15, -0.1) is 12.4 Å². The molecule has 0 aliphatic rings. The van der Waals surface area contributed by atoms with E-state index in [9.17, 15) is 0 Å². The number of nitrogens with two attached hydrogens (primary N) is 1. The second kappa shape index (κ2) is 6.23. The largest absolute Gasteiger partial charge is 0.360 e. The molecule has 1 aromatic rings. The maximum atomic E-state index is 5.69. The Morgan fingerprint density at radius 3 is 2.56 bits per heavy atom. The van der Waals surface area contributed by atoms with E-state index in [0.717, 1.165) is 24.5 Å². The molecule has 0 fully saturated rings. The molecule has 0 aliphatic heterocycles. The molecule has 0 radical (unpaired) electrons. The van der Waals surface area contributed by atoms with Crippen molar-refractivity contribution >= 4 is 12.4 Å². The van der Waals surface area contributed by atoms with Gasteiger partial charge in [0.2, 0.25) is 0 Å². The fraction of sp³-hybridized carbons (Fsp3) is 0.727. The molecule has 1 rings (SSSR count). The predicted molar refractivity (Wildman–Crippen MR) is 67.7 cm³/mol. The highest BCUT2D eigenvalue weighted by atomic mass is 35.5. The van der Waals surface area contributed by atoms with Crippen LogP contribution in [0.1, 0.15) is 25.3 Å². The second-order valence-electron chi connectivity index (χ2n) is 4.98. The Balaban J connectivity index is 0.00000225. The summed E-state index contributed by atoms with van der Waals surface area (Å²) < 4.78 is 5.16. The standard InChI is InChI=1S/C11H21N3O.ClH/c1-9-5-10(15-13-9)6-14(4)8-11(2,3)7-12;/h5H,6-8,12H2,1-4H3;1H. The summed E-state index contributed by atoms with van der Waals surface area (Å²) in [5.41, 5.74) is 6.76. The zero-order valence-corrected chi connectivity index (χ0v) is 11.3. The van der Waals surface area contributed by atoms with Crippen LogP contribution in [-0.4, -0.2) is 30.2 Å². The lowest BCUT2D eigenvalue weighted by molar-refractivity contribution is 0.192. The van der Waals surface area contributed by atoms with Crippen LogP contribution in [0.5, 0.6) is 0 Å². The van der Waals surface area contributed by atoms with Crippen LogP contribution in [0.25, 0.3) is 0 Å². The highest BCUT2D eigenvalue weighted by molar-refractivity contribution is 5.85. The average Bonchev–Trinajstić information content (AvgIpc) is 2.50. The highest BCUT2D eigenvalue weighted by Crippen LogP contribution is 2.15. The molecule has 0 atom stereocenters. The maximum Gasteiger partial charge on any atom is 0.150 e. The van der Waals surface area contributed by atoms with Crippen molar-refractivity contribution in [1.29, 1.82) is 0 Å². The number of nitrogens with zero attached hydrogens (tertiary/aromatic N) is 2. The van der Waals surface area contributed by atoms with Gasteiger partial charge in [0.25, 0.3) is 0 Å². The van der Waals surface area contributed by atoms with Gasteiger partial charge in [-0.3, -0.25) is 4.90 Å². The van der Waals surface area contributed by atoms with Crippen LogP contribution in [0.3, 0.4) is 0 Å². The molecule has 2 N–H and O–H groups in total. The van der Waals surface area contributed by atoms with Crippen LogP contribution in [0.4, 0.5) is 0 Å². The summed E-state index contributed by atoms with van der Waals surface area (Å²) in [6, 6.07) is 1.96. The quantitative estimate of drug-likeness (QED) is 0.863. The van der Waals surface area contributed by atoms with Crippen molar-refractivity contribution in [2.75, 3.05) is 20.1 Å². The van der Waals surface area contributed by atoms with Gasteiger partial charge in [0.05, 0.1) is 12.2 Å². The van der Waals surface area contributed by atoms with E-state index in [0.29, 0.717) is 6.54 Å². The summed E-state index contributed by atoms with van der Waals surface area (Å²) >= 11 is 0. The summed E-state index contributed by atoms with van der Waals surface area (Å²) in [6.07, 6.45) is 0. The average molecular weight is 248 g/mol. The van der Waals surface area contributed by atoms with Crippen LogP contribution in [0.15, 0.2) is 10.6 Å². The Labute approximate surface area is 104 Å². The van der Waals surface area contributed by atoms with Crippen molar-refractivity contribution in [3.63, 3.8) is 0 Å². The van der Waals surface area contributed by atoms with Crippen molar-refractivity contribution in [1.82, 2.24) is 10.1 Å². The molecular weight excluding hydrogens is 226 g/mol. The van der Waals surface area contributed by atoms with Gasteiger partial charge in [-0.2, -0.15) is 0 Å². The summed E-state index contributed by atoms with van der Waals surface area (Å²) in [6.45, 7) is 8.67. The van der Waals surface area contributed by atoms with Gasteiger partial charge in [-0.05, 0) is 25.9 Å². The first-order valence-corrected chi connectivity index (χ1v) is 5.24. The molecule has 0 unspecified atom stereocenters. The van der Waals surface area contributed by atoms with Gasteiger partial charge in [-0.1, -0.05) is 19.0 Å². The monoisotopic (exact) mass is 247 g/mol. The third kappa shape index (κ3) is 4.96. The van der Waals surface area contributed by atoms with Gasteiger partial charge < -0.3 is 10.3 Å². The number of hydrogen-bond acceptors (Lipinski definition) is 4. The fourth-order valence-electron chi connectivity index (χ4n) is 1.61. The molecule has 94 valence electrons. The lowest BCUT2D eigenvalue weighted by Gasteiger charge is -2.28. The van der Waals surface area contributed by atoms with Crippen molar-refractivity contribution in [2.45, 2.75) is 27.3 Å². The highest BCUT2D eigenvalue weighted by Gasteiger charge is 2.18. The van der Waals surface area contributed by atoms with Gasteiger partial charge >= 0.3 is 0 Å². The number of halogens is 1. The lowest BCUT2D eigenvalue weighted by atomic mass is 9.93. The summed E-state index contributed by atoms with van der Waals surface area (Å²) in [7, 11) is 2.06. The Hall–Kier alpha value is -0.580. The molecule has 0 spiro atoms. The molecular formula is C11H22ClN3O.